The molecule has 0 spiro atoms. The fourth-order valence-electron chi connectivity index (χ4n) is 2.08. The fourth-order valence-corrected chi connectivity index (χ4v) is 2.08. The third-order valence-electron chi connectivity index (χ3n) is 3.44. The molecule has 0 amide bonds. The van der Waals surface area contributed by atoms with Gasteiger partial charge in [-0.25, -0.2) is 4.79 Å². The van der Waals surface area contributed by atoms with Gasteiger partial charge in [-0.1, -0.05) is 12.1 Å². The molecule has 0 aliphatic heterocycles. The van der Waals surface area contributed by atoms with Gasteiger partial charge in [-0.15, -0.1) is 0 Å². The second-order valence-electron chi connectivity index (χ2n) is 5.47. The highest BCUT2D eigenvalue weighted by atomic mass is 19.4. The molecule has 0 fully saturated rings. The van der Waals surface area contributed by atoms with Crippen molar-refractivity contribution in [2.75, 3.05) is 6.61 Å². The lowest BCUT2D eigenvalue weighted by molar-refractivity contribution is -0.150. The summed E-state index contributed by atoms with van der Waals surface area (Å²) >= 11 is 0. The number of ether oxygens (including phenoxy) is 3. The molecule has 0 aromatic heterocycles. The summed E-state index contributed by atoms with van der Waals surface area (Å²) in [5, 5.41) is 0. The van der Waals surface area contributed by atoms with E-state index in [1.54, 1.807) is 38.1 Å². The van der Waals surface area contributed by atoms with Gasteiger partial charge in [-0.2, -0.15) is 13.2 Å². The first kappa shape index (κ1) is 19.6. The summed E-state index contributed by atoms with van der Waals surface area (Å²) in [5.41, 5.74) is -0.0762. The van der Waals surface area contributed by atoms with E-state index >= 15 is 0 Å². The minimum atomic E-state index is -4.35. The van der Waals surface area contributed by atoms with Crippen LogP contribution < -0.4 is 9.47 Å². The molecular weight excluding hydrogens is 349 g/mol. The van der Waals surface area contributed by atoms with Crippen molar-refractivity contribution in [3.63, 3.8) is 0 Å². The van der Waals surface area contributed by atoms with Crippen LogP contribution in [0, 0.1) is 0 Å². The third kappa shape index (κ3) is 5.68. The molecule has 0 saturated heterocycles. The molecule has 2 aromatic carbocycles. The van der Waals surface area contributed by atoms with E-state index in [0.29, 0.717) is 17.1 Å². The highest BCUT2D eigenvalue weighted by molar-refractivity contribution is 5.74. The first-order valence-electron chi connectivity index (χ1n) is 8.02. The molecule has 2 aromatic rings. The summed E-state index contributed by atoms with van der Waals surface area (Å²) in [6.07, 6.45) is -5.08. The van der Waals surface area contributed by atoms with Crippen LogP contribution in [-0.2, 0) is 22.3 Å². The van der Waals surface area contributed by atoms with Crippen LogP contribution in [-0.4, -0.2) is 18.7 Å². The van der Waals surface area contributed by atoms with Crippen LogP contribution in [0.25, 0.3) is 0 Å². The van der Waals surface area contributed by atoms with Crippen molar-refractivity contribution in [2.24, 2.45) is 0 Å². The molecule has 0 aliphatic carbocycles. The number of hydrogen-bond donors (Lipinski definition) is 0. The van der Waals surface area contributed by atoms with Crippen molar-refractivity contribution in [3.05, 3.63) is 59.7 Å². The molecule has 0 N–H and O–H groups in total. The second kappa shape index (κ2) is 8.60. The van der Waals surface area contributed by atoms with Crippen LogP contribution in [0.5, 0.6) is 11.5 Å². The van der Waals surface area contributed by atoms with Crippen LogP contribution in [0.3, 0.4) is 0 Å². The van der Waals surface area contributed by atoms with Gasteiger partial charge in [-0.05, 0) is 55.8 Å². The summed E-state index contributed by atoms with van der Waals surface area (Å²) in [6, 6.07) is 11.4. The fraction of sp³-hybridized carbons (Fsp3) is 0.316. The molecule has 1 unspecified atom stereocenters. The van der Waals surface area contributed by atoms with Crippen LogP contribution in [0.15, 0.2) is 48.5 Å². The Labute approximate surface area is 149 Å². The summed E-state index contributed by atoms with van der Waals surface area (Å²) < 4.78 is 53.4. The summed E-state index contributed by atoms with van der Waals surface area (Å²) in [4.78, 5) is 11.5. The van der Waals surface area contributed by atoms with E-state index in [-0.39, 0.29) is 13.2 Å². The number of benzene rings is 2. The summed E-state index contributed by atoms with van der Waals surface area (Å²) in [6.45, 7) is 3.72. The van der Waals surface area contributed by atoms with Gasteiger partial charge < -0.3 is 14.2 Å². The van der Waals surface area contributed by atoms with E-state index in [1.165, 1.54) is 12.1 Å². The lowest BCUT2D eigenvalue weighted by atomic mass is 10.1. The van der Waals surface area contributed by atoms with E-state index in [4.69, 9.17) is 14.2 Å². The van der Waals surface area contributed by atoms with Gasteiger partial charge in [0.15, 0.2) is 6.10 Å². The Balaban J connectivity index is 1.88. The Morgan fingerprint density at radius 1 is 1.00 bits per heavy atom. The van der Waals surface area contributed by atoms with Crippen LogP contribution in [0.2, 0.25) is 0 Å². The van der Waals surface area contributed by atoms with Crippen LogP contribution in [0.1, 0.15) is 25.0 Å². The molecular formula is C19H19F3O4. The Kier molecular flexibility index (Phi) is 6.49. The molecule has 1 atom stereocenters. The van der Waals surface area contributed by atoms with E-state index in [1.807, 2.05) is 0 Å². The summed E-state index contributed by atoms with van der Waals surface area (Å²) in [5.74, 6) is 0.559. The van der Waals surface area contributed by atoms with Crippen molar-refractivity contribution in [3.8, 4) is 11.5 Å². The maximum atomic E-state index is 12.5. The van der Waals surface area contributed by atoms with Gasteiger partial charge in [0.05, 0.1) is 12.2 Å². The normalized spacial score (nSPS) is 12.3. The highest BCUT2D eigenvalue weighted by Gasteiger charge is 2.29. The van der Waals surface area contributed by atoms with Crippen molar-refractivity contribution in [1.82, 2.24) is 0 Å². The molecule has 7 heteroatoms. The summed E-state index contributed by atoms with van der Waals surface area (Å²) in [7, 11) is 0. The van der Waals surface area contributed by atoms with Gasteiger partial charge in [0.2, 0.25) is 0 Å². The number of hydrogen-bond acceptors (Lipinski definition) is 4. The predicted octanol–water partition coefficient (Wildman–Crippen LogP) is 4.61. The standard InChI is InChI=1S/C19H19F3O4/c1-3-24-18(23)13(2)26-17-10-8-16(9-11-17)25-12-14-4-6-15(7-5-14)19(20,21)22/h4-11,13H,3,12H2,1-2H3. The van der Waals surface area contributed by atoms with Crippen LogP contribution in [0.4, 0.5) is 13.2 Å². The minimum Gasteiger partial charge on any atom is -0.489 e. The molecule has 4 nitrogen and oxygen atoms in total. The quantitative estimate of drug-likeness (QED) is 0.669. The van der Waals surface area contributed by atoms with Crippen molar-refractivity contribution in [1.29, 1.82) is 0 Å². The number of halogens is 3. The first-order valence-corrected chi connectivity index (χ1v) is 8.02. The van der Waals surface area contributed by atoms with Gasteiger partial charge >= 0.3 is 12.1 Å². The zero-order valence-corrected chi connectivity index (χ0v) is 14.4. The minimum absolute atomic E-state index is 0.136. The van der Waals surface area contributed by atoms with E-state index in [0.717, 1.165) is 12.1 Å². The second-order valence-corrected chi connectivity index (χ2v) is 5.47. The monoisotopic (exact) mass is 368 g/mol. The van der Waals surface area contributed by atoms with Gasteiger partial charge in [0.25, 0.3) is 0 Å². The molecule has 2 rings (SSSR count). The zero-order chi connectivity index (χ0) is 19.2. The van der Waals surface area contributed by atoms with Crippen molar-refractivity contribution in [2.45, 2.75) is 32.7 Å². The van der Waals surface area contributed by atoms with E-state index < -0.39 is 23.8 Å². The molecule has 0 saturated carbocycles. The first-order chi connectivity index (χ1) is 12.3. The Bertz CT molecular complexity index is 709. The van der Waals surface area contributed by atoms with Gasteiger partial charge in [-0.3, -0.25) is 0 Å². The third-order valence-corrected chi connectivity index (χ3v) is 3.44. The maximum Gasteiger partial charge on any atom is 0.416 e. The number of carbonyl (C=O) groups excluding carboxylic acids is 1. The molecule has 0 heterocycles. The lowest BCUT2D eigenvalue weighted by Crippen LogP contribution is -2.25. The average Bonchev–Trinajstić information content (AvgIpc) is 2.61. The zero-order valence-electron chi connectivity index (χ0n) is 14.4. The lowest BCUT2D eigenvalue weighted by Gasteiger charge is -2.14. The smallest absolute Gasteiger partial charge is 0.416 e. The number of carbonyl (C=O) groups is 1. The Morgan fingerprint density at radius 3 is 2.12 bits per heavy atom. The maximum absolute atomic E-state index is 12.5. The predicted molar refractivity (Wildman–Crippen MR) is 88.9 cm³/mol. The highest BCUT2D eigenvalue weighted by Crippen LogP contribution is 2.29. The average molecular weight is 368 g/mol. The largest absolute Gasteiger partial charge is 0.489 e. The molecule has 140 valence electrons. The van der Waals surface area contributed by atoms with Crippen molar-refractivity contribution >= 4 is 5.97 Å². The van der Waals surface area contributed by atoms with Crippen LogP contribution >= 0.6 is 0 Å². The molecule has 26 heavy (non-hydrogen) atoms. The topological polar surface area (TPSA) is 44.8 Å². The Morgan fingerprint density at radius 2 is 1.58 bits per heavy atom. The number of esters is 1. The number of alkyl halides is 3. The Hall–Kier alpha value is -2.70. The SMILES string of the molecule is CCOC(=O)C(C)Oc1ccc(OCc2ccc(C(F)(F)F)cc2)cc1. The van der Waals surface area contributed by atoms with Crippen molar-refractivity contribution < 1.29 is 32.2 Å². The molecule has 0 bridgehead atoms. The molecule has 0 aliphatic rings. The van der Waals surface area contributed by atoms with E-state index in [9.17, 15) is 18.0 Å². The van der Waals surface area contributed by atoms with E-state index in [2.05, 4.69) is 0 Å². The van der Waals surface area contributed by atoms with Gasteiger partial charge in [0.1, 0.15) is 18.1 Å². The van der Waals surface area contributed by atoms with Gasteiger partial charge in [0, 0.05) is 0 Å². The molecule has 0 radical (unpaired) electrons. The number of rotatable bonds is 7.